The zero-order chi connectivity index (χ0) is 30.2. The highest BCUT2D eigenvalue weighted by molar-refractivity contribution is 5.92. The molecule has 0 aliphatic carbocycles. The lowest BCUT2D eigenvalue weighted by Crippen LogP contribution is -2.61. The van der Waals surface area contributed by atoms with Gasteiger partial charge in [-0.1, -0.05) is 43.3 Å². The van der Waals surface area contributed by atoms with Gasteiger partial charge in [0.1, 0.15) is 5.82 Å². The Morgan fingerprint density at radius 3 is 2.60 bits per heavy atom. The molecular formula is C32H37N7O4. The highest BCUT2D eigenvalue weighted by Gasteiger charge is 2.39. The summed E-state index contributed by atoms with van der Waals surface area (Å²) >= 11 is 0. The first-order valence-electron chi connectivity index (χ1n) is 14.6. The van der Waals surface area contributed by atoms with Gasteiger partial charge >= 0.3 is 5.97 Å². The van der Waals surface area contributed by atoms with E-state index in [0.29, 0.717) is 37.4 Å². The normalized spacial score (nSPS) is 22.1. The summed E-state index contributed by atoms with van der Waals surface area (Å²) in [6.45, 7) is 6.81. The first-order valence-corrected chi connectivity index (χ1v) is 14.6. The van der Waals surface area contributed by atoms with Crippen LogP contribution in [0.4, 0.5) is 11.5 Å². The van der Waals surface area contributed by atoms with Crippen molar-refractivity contribution >= 4 is 29.0 Å². The maximum absolute atomic E-state index is 13.5. The Hall–Kier alpha value is -4.51. The molecule has 6 rings (SSSR count). The molecule has 224 valence electrons. The van der Waals surface area contributed by atoms with Crippen LogP contribution in [0.3, 0.4) is 0 Å². The summed E-state index contributed by atoms with van der Waals surface area (Å²) in [5.41, 5.74) is 3.25. The van der Waals surface area contributed by atoms with E-state index in [4.69, 9.17) is 4.74 Å². The van der Waals surface area contributed by atoms with Gasteiger partial charge in [0, 0.05) is 31.6 Å². The van der Waals surface area contributed by atoms with Gasteiger partial charge in [-0.15, -0.1) is 5.10 Å². The zero-order valence-electron chi connectivity index (χ0n) is 24.8. The molecule has 1 unspecified atom stereocenters. The molecule has 2 aliphatic heterocycles. The summed E-state index contributed by atoms with van der Waals surface area (Å²) in [6, 6.07) is 17.9. The van der Waals surface area contributed by atoms with Crippen LogP contribution in [-0.2, 0) is 10.2 Å². The molecule has 0 radical (unpaired) electrons. The number of ether oxygens (including phenoxy) is 1. The lowest BCUT2D eigenvalue weighted by atomic mass is 9.82. The molecule has 1 aromatic carbocycles. The molecule has 3 aromatic heterocycles. The van der Waals surface area contributed by atoms with Crippen molar-refractivity contribution in [3.8, 4) is 0 Å². The maximum Gasteiger partial charge on any atom is 0.356 e. The molecule has 4 aromatic rings. The van der Waals surface area contributed by atoms with Crippen molar-refractivity contribution in [1.29, 1.82) is 0 Å². The number of pyridine rings is 2. The summed E-state index contributed by atoms with van der Waals surface area (Å²) in [5.74, 6) is -0.345. The SMILES string of the molecule is COC(=O)c1cccc(N2CCCC(CO)(NC(=O)c3nc4c(C)cc(N5CC[C@](C)(c6ccccc6)C5)cn4n3)C2)n1. The van der Waals surface area contributed by atoms with Crippen molar-refractivity contribution in [3.05, 3.63) is 83.4 Å². The Labute approximate surface area is 250 Å². The third kappa shape index (κ3) is 5.52. The summed E-state index contributed by atoms with van der Waals surface area (Å²) in [7, 11) is 1.31. The molecule has 2 aliphatic rings. The van der Waals surface area contributed by atoms with Crippen LogP contribution in [0.25, 0.3) is 5.65 Å². The van der Waals surface area contributed by atoms with Crippen molar-refractivity contribution in [1.82, 2.24) is 24.9 Å². The average Bonchev–Trinajstić information content (AvgIpc) is 3.66. The van der Waals surface area contributed by atoms with Crippen molar-refractivity contribution < 1.29 is 19.4 Å². The fourth-order valence-corrected chi connectivity index (χ4v) is 6.37. The maximum atomic E-state index is 13.5. The second-order valence-corrected chi connectivity index (χ2v) is 12.0. The van der Waals surface area contributed by atoms with Crippen LogP contribution in [0.2, 0.25) is 0 Å². The van der Waals surface area contributed by atoms with Gasteiger partial charge in [-0.2, -0.15) is 0 Å². The Balaban J connectivity index is 1.20. The minimum atomic E-state index is -0.923. The number of methoxy groups -OCH3 is 1. The number of esters is 1. The minimum absolute atomic E-state index is 0.0477. The highest BCUT2D eigenvalue weighted by atomic mass is 16.5. The number of nitrogens with one attached hydrogen (secondary N) is 1. The molecule has 2 N–H and O–H groups in total. The number of nitrogens with zero attached hydrogens (tertiary/aromatic N) is 6. The average molecular weight is 584 g/mol. The van der Waals surface area contributed by atoms with Crippen LogP contribution in [0.5, 0.6) is 0 Å². The Kier molecular flexibility index (Phi) is 7.51. The Morgan fingerprint density at radius 2 is 1.84 bits per heavy atom. The van der Waals surface area contributed by atoms with E-state index in [2.05, 4.69) is 62.5 Å². The van der Waals surface area contributed by atoms with Crippen LogP contribution in [0.1, 0.15) is 58.4 Å². The third-order valence-electron chi connectivity index (χ3n) is 8.83. The van der Waals surface area contributed by atoms with Crippen LogP contribution in [-0.4, -0.2) is 82.0 Å². The van der Waals surface area contributed by atoms with Crippen LogP contribution >= 0.6 is 0 Å². The lowest BCUT2D eigenvalue weighted by molar-refractivity contribution is 0.0594. The van der Waals surface area contributed by atoms with E-state index in [1.807, 2.05) is 24.1 Å². The summed E-state index contributed by atoms with van der Waals surface area (Å²) in [6.07, 6.45) is 4.27. The molecule has 2 saturated heterocycles. The summed E-state index contributed by atoms with van der Waals surface area (Å²) in [5, 5.41) is 18.0. The zero-order valence-corrected chi connectivity index (χ0v) is 24.8. The van der Waals surface area contributed by atoms with Crippen molar-refractivity contribution in [2.45, 2.75) is 44.1 Å². The third-order valence-corrected chi connectivity index (χ3v) is 8.83. The highest BCUT2D eigenvalue weighted by Crippen LogP contribution is 2.36. The number of anilines is 2. The van der Waals surface area contributed by atoms with E-state index in [-0.39, 0.29) is 23.5 Å². The van der Waals surface area contributed by atoms with Gasteiger partial charge in [0.15, 0.2) is 11.3 Å². The Bertz CT molecular complexity index is 1660. The Morgan fingerprint density at radius 1 is 1.02 bits per heavy atom. The number of rotatable bonds is 7. The number of aromatic nitrogens is 4. The first kappa shape index (κ1) is 28.6. The summed E-state index contributed by atoms with van der Waals surface area (Å²) in [4.78, 5) is 38.8. The molecule has 11 heteroatoms. The van der Waals surface area contributed by atoms with Crippen molar-refractivity contribution in [2.75, 3.05) is 49.7 Å². The number of hydrogen-bond acceptors (Lipinski definition) is 9. The van der Waals surface area contributed by atoms with Crippen LogP contribution in [0, 0.1) is 6.92 Å². The molecular weight excluding hydrogens is 546 g/mol. The molecule has 0 spiro atoms. The predicted molar refractivity (Wildman–Crippen MR) is 163 cm³/mol. The standard InChI is InChI=1S/C32H37N7O4/c1-22-17-24(37-16-14-31(2,19-37)23-9-5-4-6-10-23)18-39-28(22)34-27(36-39)29(41)35-32(21-40)13-8-15-38(20-32)26-12-7-11-25(33-26)30(42)43-3/h4-7,9-12,17-18,40H,8,13-16,19-21H2,1-3H3,(H,35,41)/t31-,32?/m0/s1. The molecule has 43 heavy (non-hydrogen) atoms. The number of hydrogen-bond donors (Lipinski definition) is 2. The number of fused-ring (bicyclic) bond motifs is 1. The fourth-order valence-electron chi connectivity index (χ4n) is 6.37. The van der Waals surface area contributed by atoms with Gasteiger partial charge in [0.2, 0.25) is 5.82 Å². The van der Waals surface area contributed by atoms with E-state index in [1.165, 1.54) is 12.7 Å². The quantitative estimate of drug-likeness (QED) is 0.316. The number of piperidine rings is 1. The van der Waals surface area contributed by atoms with E-state index < -0.39 is 17.4 Å². The molecule has 2 fully saturated rings. The minimum Gasteiger partial charge on any atom is -0.464 e. The number of aliphatic hydroxyl groups is 1. The van der Waals surface area contributed by atoms with Gasteiger partial charge in [0.05, 0.1) is 31.1 Å². The number of aryl methyl sites for hydroxylation is 1. The molecule has 0 bridgehead atoms. The predicted octanol–water partition coefficient (Wildman–Crippen LogP) is 3.15. The molecule has 11 nitrogen and oxygen atoms in total. The van der Waals surface area contributed by atoms with Crippen LogP contribution < -0.4 is 15.1 Å². The van der Waals surface area contributed by atoms with Gasteiger partial charge in [-0.05, 0) is 55.5 Å². The van der Waals surface area contributed by atoms with E-state index in [0.717, 1.165) is 30.8 Å². The lowest BCUT2D eigenvalue weighted by Gasteiger charge is -2.42. The monoisotopic (exact) mass is 583 g/mol. The van der Waals surface area contributed by atoms with Gasteiger partial charge < -0.3 is 25.0 Å². The fraction of sp³-hybridized carbons (Fsp3) is 0.406. The van der Waals surface area contributed by atoms with E-state index >= 15 is 0 Å². The largest absolute Gasteiger partial charge is 0.464 e. The number of amides is 1. The topological polar surface area (TPSA) is 125 Å². The second-order valence-electron chi connectivity index (χ2n) is 12.0. The van der Waals surface area contributed by atoms with Crippen molar-refractivity contribution in [3.63, 3.8) is 0 Å². The number of carbonyl (C=O) groups is 2. The second kappa shape index (κ2) is 11.3. The van der Waals surface area contributed by atoms with E-state index in [1.54, 1.807) is 22.7 Å². The first-order chi connectivity index (χ1) is 20.7. The number of aliphatic hydroxyl groups excluding tert-OH is 1. The number of carbonyl (C=O) groups excluding carboxylic acids is 2. The smallest absolute Gasteiger partial charge is 0.356 e. The van der Waals surface area contributed by atoms with E-state index in [9.17, 15) is 14.7 Å². The summed E-state index contributed by atoms with van der Waals surface area (Å²) < 4.78 is 6.48. The van der Waals surface area contributed by atoms with Gasteiger partial charge in [0.25, 0.3) is 5.91 Å². The molecule has 5 heterocycles. The van der Waals surface area contributed by atoms with Crippen LogP contribution in [0.15, 0.2) is 60.8 Å². The molecule has 2 atom stereocenters. The number of benzene rings is 1. The van der Waals surface area contributed by atoms with Gasteiger partial charge in [-0.3, -0.25) is 4.79 Å². The van der Waals surface area contributed by atoms with Crippen molar-refractivity contribution in [2.24, 2.45) is 0 Å². The van der Waals surface area contributed by atoms with Gasteiger partial charge in [-0.25, -0.2) is 19.3 Å². The molecule has 1 amide bonds. The molecule has 0 saturated carbocycles.